The normalized spacial score (nSPS) is 14.5. The van der Waals surface area contributed by atoms with E-state index in [4.69, 9.17) is 10.00 Å². The average Bonchev–Trinajstić information content (AvgIpc) is 3.42. The number of benzene rings is 1. The molecule has 0 radical (unpaired) electrons. The quantitative estimate of drug-likeness (QED) is 0.506. The second-order valence-electron chi connectivity index (χ2n) is 8.11. The van der Waals surface area contributed by atoms with Gasteiger partial charge in [0.2, 0.25) is 0 Å². The van der Waals surface area contributed by atoms with Crippen LogP contribution in [0.2, 0.25) is 0 Å². The number of ether oxygens (including phenoxy) is 1. The zero-order valence-corrected chi connectivity index (χ0v) is 19.3. The number of nitriles is 1. The fourth-order valence-electron chi connectivity index (χ4n) is 3.96. The molecule has 0 bridgehead atoms. The van der Waals surface area contributed by atoms with Crippen molar-refractivity contribution in [2.45, 2.75) is 25.7 Å². The molecule has 1 N–H and O–H groups in total. The molecular weight excluding hydrogens is 487 g/mol. The molecule has 0 fully saturated rings. The predicted molar refractivity (Wildman–Crippen MR) is 127 cm³/mol. The number of aromatic nitrogens is 5. The molecule has 5 rings (SSSR count). The Balaban J connectivity index is 1.29. The molecule has 0 unspecified atom stereocenters. The number of allylic oxidation sites excluding steroid dienone is 1. The molecule has 37 heavy (non-hydrogen) atoms. The number of hydrogen-bond donors (Lipinski definition) is 1. The highest BCUT2D eigenvalue weighted by Crippen LogP contribution is 2.35. The van der Waals surface area contributed by atoms with Gasteiger partial charge in [0.05, 0.1) is 48.3 Å². The van der Waals surface area contributed by atoms with Gasteiger partial charge in [0, 0.05) is 28.7 Å². The lowest BCUT2D eigenvalue weighted by atomic mass is 10.0. The molecule has 13 heteroatoms. The van der Waals surface area contributed by atoms with Crippen LogP contribution in [-0.4, -0.2) is 49.9 Å². The van der Waals surface area contributed by atoms with Gasteiger partial charge in [-0.05, 0) is 30.7 Å². The minimum atomic E-state index is -4.61. The van der Waals surface area contributed by atoms with Gasteiger partial charge in [-0.25, -0.2) is 14.6 Å². The highest BCUT2D eigenvalue weighted by atomic mass is 19.4. The molecule has 0 saturated heterocycles. The maximum Gasteiger partial charge on any atom is 0.501 e. The van der Waals surface area contributed by atoms with Crippen LogP contribution in [0, 0.1) is 11.3 Å². The van der Waals surface area contributed by atoms with Gasteiger partial charge < -0.3 is 15.0 Å². The van der Waals surface area contributed by atoms with E-state index in [9.17, 15) is 13.2 Å². The predicted octanol–water partition coefficient (Wildman–Crippen LogP) is 2.24. The van der Waals surface area contributed by atoms with Crippen LogP contribution in [0.1, 0.15) is 22.4 Å². The second-order valence-corrected chi connectivity index (χ2v) is 8.11. The van der Waals surface area contributed by atoms with Crippen LogP contribution in [0.15, 0.2) is 54.8 Å². The van der Waals surface area contributed by atoms with Gasteiger partial charge in [-0.15, -0.1) is 5.10 Å². The van der Waals surface area contributed by atoms with E-state index in [-0.39, 0.29) is 0 Å². The van der Waals surface area contributed by atoms with Gasteiger partial charge >= 0.3 is 17.9 Å². The molecule has 2 aliphatic rings. The van der Waals surface area contributed by atoms with Crippen molar-refractivity contribution in [3.05, 3.63) is 77.2 Å². The van der Waals surface area contributed by atoms with Crippen LogP contribution in [0.4, 0.5) is 24.7 Å². The van der Waals surface area contributed by atoms with Crippen LogP contribution in [0.5, 0.6) is 0 Å². The highest BCUT2D eigenvalue weighted by Gasteiger charge is 2.34. The van der Waals surface area contributed by atoms with Crippen molar-refractivity contribution >= 4 is 23.3 Å². The van der Waals surface area contributed by atoms with Crippen molar-refractivity contribution in [2.75, 3.05) is 23.4 Å². The Morgan fingerprint density at radius 3 is 2.86 bits per heavy atom. The second kappa shape index (κ2) is 9.99. The zero-order chi connectivity index (χ0) is 25.8. The Labute approximate surface area is 208 Å². The first-order valence-corrected chi connectivity index (χ1v) is 11.2. The summed E-state index contributed by atoms with van der Waals surface area (Å²) in [4.78, 5) is 10.5. The number of fused-ring (bicyclic) bond motifs is 1. The Morgan fingerprint density at radius 2 is 2.14 bits per heavy atom. The van der Waals surface area contributed by atoms with Crippen molar-refractivity contribution in [3.63, 3.8) is 0 Å². The van der Waals surface area contributed by atoms with Crippen molar-refractivity contribution in [2.24, 2.45) is 0 Å². The molecule has 3 aromatic rings. The van der Waals surface area contributed by atoms with Gasteiger partial charge in [0.15, 0.2) is 5.70 Å². The van der Waals surface area contributed by atoms with Crippen molar-refractivity contribution < 1.29 is 17.9 Å². The van der Waals surface area contributed by atoms with E-state index in [0.717, 1.165) is 11.6 Å². The van der Waals surface area contributed by atoms with E-state index in [2.05, 4.69) is 36.1 Å². The first-order valence-electron chi connectivity index (χ1n) is 11.2. The van der Waals surface area contributed by atoms with E-state index in [1.54, 1.807) is 40.2 Å². The maximum atomic E-state index is 13.4. The number of rotatable bonds is 6. The number of anilines is 2. The molecular formula is C24H19F3N9O+. The minimum absolute atomic E-state index is 0.302. The van der Waals surface area contributed by atoms with Gasteiger partial charge in [-0.1, -0.05) is 5.21 Å². The lowest BCUT2D eigenvalue weighted by molar-refractivity contribution is -0.137. The van der Waals surface area contributed by atoms with E-state index >= 15 is 0 Å². The SMILES string of the molecule is N#Cc1ccc(N2CCc3c(ncnc3NC3=C=[N+]=C(OCCn4ccnn4)C=C3)C2)cc1C(F)(F)F. The van der Waals surface area contributed by atoms with E-state index in [1.807, 2.05) is 0 Å². The number of nitrogens with one attached hydrogen (secondary N) is 1. The molecule has 4 heterocycles. The number of alkyl halides is 3. The smallest absolute Gasteiger partial charge is 0.429 e. The Hall–Kier alpha value is -4.91. The summed E-state index contributed by atoms with van der Waals surface area (Å²) in [5.74, 6) is 3.87. The van der Waals surface area contributed by atoms with Gasteiger partial charge in [0.25, 0.3) is 0 Å². The summed E-state index contributed by atoms with van der Waals surface area (Å²) in [6.45, 7) is 1.66. The summed E-state index contributed by atoms with van der Waals surface area (Å²) in [7, 11) is 0. The average molecular weight is 506 g/mol. The number of nitrogens with zero attached hydrogens (tertiary/aromatic N) is 8. The standard InChI is InChI=1S/C24H19F3N9O/c25-24(26,27)20-11-18(3-1-16(20)12-28)35-7-5-19-21(14-35)30-15-31-23(19)33-17-2-4-22(29-13-17)37-10-9-36-8-6-32-34-36/h1-4,6,8,11,15H,5,7,9-10,14H2,(H,30,31,33)/q+1. The highest BCUT2D eigenvalue weighted by molar-refractivity contribution is 5.92. The molecule has 0 atom stereocenters. The summed E-state index contributed by atoms with van der Waals surface area (Å²) < 4.78 is 51.6. The third kappa shape index (κ3) is 5.36. The topological polar surface area (TPSA) is 119 Å². The number of hydrogen-bond acceptors (Lipinski definition) is 8. The first kappa shape index (κ1) is 23.8. The lowest BCUT2D eigenvalue weighted by Crippen LogP contribution is -2.32. The summed E-state index contributed by atoms with van der Waals surface area (Å²) in [5.41, 5.74) is 1.17. The van der Waals surface area contributed by atoms with E-state index < -0.39 is 17.3 Å². The van der Waals surface area contributed by atoms with E-state index in [1.165, 1.54) is 18.5 Å². The van der Waals surface area contributed by atoms with Crippen LogP contribution < -0.4 is 14.9 Å². The Bertz CT molecular complexity index is 1490. The van der Waals surface area contributed by atoms with E-state index in [0.29, 0.717) is 61.5 Å². The van der Waals surface area contributed by atoms with Crippen LogP contribution >= 0.6 is 0 Å². The molecule has 2 aromatic heterocycles. The largest absolute Gasteiger partial charge is 0.501 e. The summed E-state index contributed by atoms with van der Waals surface area (Å²) in [6, 6.07) is 5.35. The Kier molecular flexibility index (Phi) is 6.43. The monoisotopic (exact) mass is 506 g/mol. The third-order valence-corrected chi connectivity index (χ3v) is 5.78. The molecule has 2 aliphatic heterocycles. The van der Waals surface area contributed by atoms with Crippen molar-refractivity contribution in [3.8, 4) is 6.07 Å². The fraction of sp³-hybridized carbons (Fsp3) is 0.250. The lowest BCUT2D eigenvalue weighted by Gasteiger charge is -2.31. The molecule has 0 amide bonds. The molecule has 186 valence electrons. The molecule has 0 spiro atoms. The van der Waals surface area contributed by atoms with Crippen LogP contribution in [0.3, 0.4) is 0 Å². The molecule has 1 aromatic carbocycles. The number of halogens is 3. The van der Waals surface area contributed by atoms with Crippen LogP contribution in [0.25, 0.3) is 0 Å². The molecule has 0 saturated carbocycles. The molecule has 0 aliphatic carbocycles. The summed E-state index contributed by atoms with van der Waals surface area (Å²) >= 11 is 0. The maximum absolute atomic E-state index is 13.4. The van der Waals surface area contributed by atoms with Crippen LogP contribution in [-0.2, 0) is 30.4 Å². The fourth-order valence-corrected chi connectivity index (χ4v) is 3.96. The minimum Gasteiger partial charge on any atom is -0.429 e. The first-order chi connectivity index (χ1) is 17.9. The van der Waals surface area contributed by atoms with Gasteiger partial charge in [-0.2, -0.15) is 18.4 Å². The zero-order valence-electron chi connectivity index (χ0n) is 19.3. The third-order valence-electron chi connectivity index (χ3n) is 5.78. The van der Waals surface area contributed by atoms with Gasteiger partial charge in [-0.3, -0.25) is 0 Å². The van der Waals surface area contributed by atoms with Crippen molar-refractivity contribution in [1.29, 1.82) is 5.26 Å². The summed E-state index contributed by atoms with van der Waals surface area (Å²) in [5, 5.41) is 19.8. The molecule has 10 nitrogen and oxygen atoms in total. The van der Waals surface area contributed by atoms with Gasteiger partial charge in [0.1, 0.15) is 18.8 Å². The Morgan fingerprint density at radius 1 is 1.24 bits per heavy atom. The summed E-state index contributed by atoms with van der Waals surface area (Å²) in [6.07, 6.45) is 4.09. The van der Waals surface area contributed by atoms with Crippen molar-refractivity contribution in [1.82, 2.24) is 29.6 Å².